The normalized spacial score (nSPS) is 19.6. The summed E-state index contributed by atoms with van der Waals surface area (Å²) in [7, 11) is 0. The van der Waals surface area contributed by atoms with Gasteiger partial charge in [-0.2, -0.15) is 0 Å². The number of benzene rings is 2. The van der Waals surface area contributed by atoms with E-state index in [0.717, 1.165) is 13.1 Å². The highest BCUT2D eigenvalue weighted by atomic mass is 15.2. The SMILES string of the molecule is CCN1/C(=C\C=C/C2C=Cc3ccccc3N2CC)C=Cc2ccccc21. The van der Waals surface area contributed by atoms with Gasteiger partial charge in [0.05, 0.1) is 6.04 Å². The maximum absolute atomic E-state index is 2.44. The molecule has 0 saturated heterocycles. The van der Waals surface area contributed by atoms with Gasteiger partial charge < -0.3 is 9.80 Å². The average Bonchev–Trinajstić information content (AvgIpc) is 2.73. The summed E-state index contributed by atoms with van der Waals surface area (Å²) in [6, 6.07) is 17.5. The molecule has 0 amide bonds. The molecule has 1 atom stereocenters. The Morgan fingerprint density at radius 2 is 1.52 bits per heavy atom. The third kappa shape index (κ3) is 3.35. The van der Waals surface area contributed by atoms with Crippen LogP contribution >= 0.6 is 0 Å². The minimum atomic E-state index is 0.289. The molecule has 27 heavy (non-hydrogen) atoms. The second kappa shape index (κ2) is 7.71. The highest BCUT2D eigenvalue weighted by molar-refractivity contribution is 5.76. The van der Waals surface area contributed by atoms with Gasteiger partial charge in [0, 0.05) is 30.2 Å². The van der Waals surface area contributed by atoms with E-state index in [2.05, 4.69) is 115 Å². The molecule has 2 aromatic carbocycles. The third-order valence-corrected chi connectivity index (χ3v) is 5.28. The molecule has 0 aromatic heterocycles. The van der Waals surface area contributed by atoms with E-state index >= 15 is 0 Å². The molecular weight excluding hydrogens is 328 g/mol. The fraction of sp³-hybridized carbons (Fsp3) is 0.200. The number of likely N-dealkylation sites (N-methyl/N-ethyl adjacent to an activating group) is 2. The molecule has 2 aliphatic rings. The van der Waals surface area contributed by atoms with E-state index in [1.54, 1.807) is 0 Å². The summed E-state index contributed by atoms with van der Waals surface area (Å²) in [5.41, 5.74) is 6.40. The Hall–Kier alpha value is -3.00. The maximum atomic E-state index is 2.44. The summed E-state index contributed by atoms with van der Waals surface area (Å²) >= 11 is 0. The molecule has 1 unspecified atom stereocenters. The van der Waals surface area contributed by atoms with Crippen molar-refractivity contribution < 1.29 is 0 Å². The predicted molar refractivity (Wildman–Crippen MR) is 118 cm³/mol. The van der Waals surface area contributed by atoms with Crippen molar-refractivity contribution in [1.29, 1.82) is 0 Å². The van der Waals surface area contributed by atoms with Gasteiger partial charge in [-0.3, -0.25) is 0 Å². The average molecular weight is 354 g/mol. The van der Waals surface area contributed by atoms with Gasteiger partial charge in [0.25, 0.3) is 0 Å². The van der Waals surface area contributed by atoms with Gasteiger partial charge in [-0.15, -0.1) is 0 Å². The molecule has 0 spiro atoms. The van der Waals surface area contributed by atoms with Crippen LogP contribution in [-0.2, 0) is 0 Å². The predicted octanol–water partition coefficient (Wildman–Crippen LogP) is 5.90. The van der Waals surface area contributed by atoms with Crippen LogP contribution in [0.1, 0.15) is 25.0 Å². The molecule has 4 rings (SSSR count). The summed E-state index contributed by atoms with van der Waals surface area (Å²) in [6.07, 6.45) is 15.6. The molecule has 2 heterocycles. The number of fused-ring (bicyclic) bond motifs is 2. The Balaban J connectivity index is 1.57. The van der Waals surface area contributed by atoms with E-state index in [9.17, 15) is 0 Å². The third-order valence-electron chi connectivity index (χ3n) is 5.28. The fourth-order valence-corrected chi connectivity index (χ4v) is 3.95. The minimum absolute atomic E-state index is 0.289. The first-order chi connectivity index (χ1) is 13.3. The molecule has 0 bridgehead atoms. The molecule has 0 aliphatic carbocycles. The molecule has 136 valence electrons. The lowest BCUT2D eigenvalue weighted by molar-refractivity contribution is 0.804. The molecule has 2 heteroatoms. The van der Waals surface area contributed by atoms with Crippen LogP contribution in [0, 0.1) is 0 Å². The van der Waals surface area contributed by atoms with Crippen LogP contribution in [0.3, 0.4) is 0 Å². The smallest absolute Gasteiger partial charge is 0.0663 e. The first kappa shape index (κ1) is 17.4. The molecule has 0 saturated carbocycles. The number of anilines is 2. The van der Waals surface area contributed by atoms with Gasteiger partial charge in [-0.05, 0) is 49.3 Å². The van der Waals surface area contributed by atoms with Crippen LogP contribution in [0.25, 0.3) is 12.2 Å². The number of nitrogens with zero attached hydrogens (tertiary/aromatic N) is 2. The highest BCUT2D eigenvalue weighted by Gasteiger charge is 2.18. The van der Waals surface area contributed by atoms with Crippen molar-refractivity contribution >= 4 is 23.5 Å². The quantitative estimate of drug-likeness (QED) is 0.674. The minimum Gasteiger partial charge on any atom is -0.361 e. The Kier molecular flexibility index (Phi) is 4.97. The number of para-hydroxylation sites is 2. The maximum Gasteiger partial charge on any atom is 0.0663 e. The summed E-state index contributed by atoms with van der Waals surface area (Å²) in [6.45, 7) is 6.36. The van der Waals surface area contributed by atoms with Gasteiger partial charge >= 0.3 is 0 Å². The van der Waals surface area contributed by atoms with Crippen LogP contribution < -0.4 is 9.80 Å². The number of hydrogen-bond donors (Lipinski definition) is 0. The Labute approximate surface area is 162 Å². The van der Waals surface area contributed by atoms with Crippen molar-refractivity contribution in [2.75, 3.05) is 22.9 Å². The zero-order valence-corrected chi connectivity index (χ0v) is 16.0. The largest absolute Gasteiger partial charge is 0.361 e. The molecule has 0 fully saturated rings. The highest BCUT2D eigenvalue weighted by Crippen LogP contribution is 2.31. The molecule has 2 aliphatic heterocycles. The van der Waals surface area contributed by atoms with Gasteiger partial charge in [0.15, 0.2) is 0 Å². The van der Waals surface area contributed by atoms with E-state index in [-0.39, 0.29) is 6.04 Å². The zero-order valence-electron chi connectivity index (χ0n) is 16.0. The van der Waals surface area contributed by atoms with Crippen LogP contribution in [0.15, 0.2) is 84.6 Å². The number of allylic oxidation sites excluding steroid dienone is 3. The second-order valence-corrected chi connectivity index (χ2v) is 6.81. The molecule has 0 N–H and O–H groups in total. The van der Waals surface area contributed by atoms with Crippen molar-refractivity contribution in [3.63, 3.8) is 0 Å². The Morgan fingerprint density at radius 1 is 0.815 bits per heavy atom. The standard InChI is InChI=1S/C25H26N2/c1-3-26-22(18-16-20-10-5-7-14-24(20)26)12-9-13-23-19-17-21-11-6-8-15-25(21)27(23)4-2/h5-19,22H,3-4H2,1-2H3/b12-9-,23-13-. The van der Waals surface area contributed by atoms with Crippen LogP contribution in [0.4, 0.5) is 11.4 Å². The van der Waals surface area contributed by atoms with Gasteiger partial charge in [-0.25, -0.2) is 0 Å². The fourth-order valence-electron chi connectivity index (χ4n) is 3.95. The first-order valence-corrected chi connectivity index (χ1v) is 9.79. The van der Waals surface area contributed by atoms with E-state index in [1.165, 1.54) is 28.2 Å². The second-order valence-electron chi connectivity index (χ2n) is 6.81. The van der Waals surface area contributed by atoms with Gasteiger partial charge in [-0.1, -0.05) is 66.8 Å². The summed E-state index contributed by atoms with van der Waals surface area (Å²) in [5, 5.41) is 0. The lowest BCUT2D eigenvalue weighted by atomic mass is 10.0. The molecule has 2 aromatic rings. The number of hydrogen-bond acceptors (Lipinski definition) is 2. The van der Waals surface area contributed by atoms with E-state index in [0.29, 0.717) is 0 Å². The first-order valence-electron chi connectivity index (χ1n) is 9.79. The van der Waals surface area contributed by atoms with Crippen molar-refractivity contribution in [3.05, 3.63) is 95.7 Å². The van der Waals surface area contributed by atoms with Crippen LogP contribution in [0.2, 0.25) is 0 Å². The molecule has 2 nitrogen and oxygen atoms in total. The molecule has 0 radical (unpaired) electrons. The van der Waals surface area contributed by atoms with Crippen LogP contribution in [0.5, 0.6) is 0 Å². The van der Waals surface area contributed by atoms with Crippen molar-refractivity contribution in [1.82, 2.24) is 0 Å². The monoisotopic (exact) mass is 354 g/mol. The van der Waals surface area contributed by atoms with Crippen molar-refractivity contribution in [3.8, 4) is 0 Å². The van der Waals surface area contributed by atoms with Crippen LogP contribution in [-0.4, -0.2) is 19.1 Å². The van der Waals surface area contributed by atoms with E-state index < -0.39 is 0 Å². The van der Waals surface area contributed by atoms with E-state index in [1.807, 2.05) is 0 Å². The topological polar surface area (TPSA) is 6.48 Å². The lowest BCUT2D eigenvalue weighted by Gasteiger charge is -2.33. The van der Waals surface area contributed by atoms with E-state index in [4.69, 9.17) is 0 Å². The molecular formula is C25H26N2. The lowest BCUT2D eigenvalue weighted by Crippen LogP contribution is -2.34. The van der Waals surface area contributed by atoms with Gasteiger partial charge in [0.2, 0.25) is 0 Å². The Morgan fingerprint density at radius 3 is 2.26 bits per heavy atom. The zero-order chi connectivity index (χ0) is 18.6. The van der Waals surface area contributed by atoms with Gasteiger partial charge in [0.1, 0.15) is 0 Å². The Bertz CT molecular complexity index is 933. The summed E-state index contributed by atoms with van der Waals surface area (Å²) < 4.78 is 0. The summed E-state index contributed by atoms with van der Waals surface area (Å²) in [5.74, 6) is 0. The number of rotatable bonds is 4. The van der Waals surface area contributed by atoms with Crippen molar-refractivity contribution in [2.45, 2.75) is 19.9 Å². The summed E-state index contributed by atoms with van der Waals surface area (Å²) in [4.78, 5) is 4.80. The van der Waals surface area contributed by atoms with Crippen molar-refractivity contribution in [2.24, 2.45) is 0 Å².